The Bertz CT molecular complexity index is 528. The van der Waals surface area contributed by atoms with E-state index in [9.17, 15) is 0 Å². The second kappa shape index (κ2) is 4.34. The average molecular weight is 227 g/mol. The summed E-state index contributed by atoms with van der Waals surface area (Å²) in [6.45, 7) is 0.512. The molecule has 1 aliphatic carbocycles. The molecule has 0 saturated heterocycles. The van der Waals surface area contributed by atoms with Crippen LogP contribution in [0.2, 0.25) is 0 Å². The number of benzene rings is 1. The Kier molecular flexibility index (Phi) is 2.69. The summed E-state index contributed by atoms with van der Waals surface area (Å²) < 4.78 is 0. The van der Waals surface area contributed by atoms with Crippen LogP contribution in [0.1, 0.15) is 29.7 Å². The Morgan fingerprint density at radius 1 is 1.12 bits per heavy atom. The number of fused-ring (bicyclic) bond motifs is 1. The van der Waals surface area contributed by atoms with Gasteiger partial charge in [-0.25, -0.2) is 0 Å². The van der Waals surface area contributed by atoms with Gasteiger partial charge in [-0.1, -0.05) is 12.1 Å². The summed E-state index contributed by atoms with van der Waals surface area (Å²) >= 11 is 0. The number of nitrogens with zero attached hydrogens (tertiary/aromatic N) is 1. The molecule has 88 valence electrons. The number of aromatic amines is 1. The molecule has 0 bridgehead atoms. The van der Waals surface area contributed by atoms with Crippen LogP contribution in [0, 0.1) is 0 Å². The van der Waals surface area contributed by atoms with E-state index in [0.29, 0.717) is 6.54 Å². The first-order valence-electron chi connectivity index (χ1n) is 6.23. The number of hydrogen-bond donors (Lipinski definition) is 2. The van der Waals surface area contributed by atoms with Crippen LogP contribution in [0.25, 0.3) is 11.3 Å². The number of hydrogen-bond acceptors (Lipinski definition) is 2. The summed E-state index contributed by atoms with van der Waals surface area (Å²) in [6, 6.07) is 8.73. The molecule has 0 atom stereocenters. The summed E-state index contributed by atoms with van der Waals surface area (Å²) in [7, 11) is 0. The van der Waals surface area contributed by atoms with Gasteiger partial charge >= 0.3 is 0 Å². The van der Waals surface area contributed by atoms with Crippen molar-refractivity contribution in [2.24, 2.45) is 5.73 Å². The zero-order valence-corrected chi connectivity index (χ0v) is 9.87. The lowest BCUT2D eigenvalue weighted by Gasteiger charge is -2.15. The first-order valence-corrected chi connectivity index (χ1v) is 6.23. The van der Waals surface area contributed by atoms with Gasteiger partial charge in [0.2, 0.25) is 0 Å². The van der Waals surface area contributed by atoms with E-state index in [2.05, 4.69) is 28.4 Å². The number of aryl methyl sites for hydroxylation is 2. The van der Waals surface area contributed by atoms with Crippen molar-refractivity contribution in [2.45, 2.75) is 32.2 Å². The molecule has 3 nitrogen and oxygen atoms in total. The van der Waals surface area contributed by atoms with Crippen LogP contribution < -0.4 is 5.73 Å². The minimum Gasteiger partial charge on any atom is -0.325 e. The van der Waals surface area contributed by atoms with Crippen molar-refractivity contribution in [2.75, 3.05) is 0 Å². The fraction of sp³-hybridized carbons (Fsp3) is 0.357. The first kappa shape index (κ1) is 10.5. The number of nitrogens with one attached hydrogen (secondary N) is 1. The van der Waals surface area contributed by atoms with Crippen molar-refractivity contribution in [3.05, 3.63) is 41.1 Å². The predicted molar refractivity (Wildman–Crippen MR) is 68.6 cm³/mol. The van der Waals surface area contributed by atoms with Gasteiger partial charge in [0.1, 0.15) is 0 Å². The lowest BCUT2D eigenvalue weighted by Crippen LogP contribution is -2.02. The van der Waals surface area contributed by atoms with Gasteiger partial charge in [0.05, 0.1) is 5.69 Å². The summed E-state index contributed by atoms with van der Waals surface area (Å²) in [5, 5.41) is 7.26. The Morgan fingerprint density at radius 2 is 1.94 bits per heavy atom. The molecule has 1 heterocycles. The second-order valence-corrected chi connectivity index (χ2v) is 4.67. The molecule has 3 N–H and O–H groups in total. The van der Waals surface area contributed by atoms with Crippen LogP contribution in [0.15, 0.2) is 24.3 Å². The number of nitrogens with two attached hydrogens (primary N) is 1. The maximum atomic E-state index is 5.58. The third kappa shape index (κ3) is 1.98. The minimum atomic E-state index is 0.512. The van der Waals surface area contributed by atoms with Gasteiger partial charge in [0.15, 0.2) is 0 Å². The van der Waals surface area contributed by atoms with Crippen LogP contribution in [-0.2, 0) is 19.4 Å². The van der Waals surface area contributed by atoms with E-state index in [0.717, 1.165) is 11.4 Å². The molecule has 0 fully saturated rings. The fourth-order valence-electron chi connectivity index (χ4n) is 2.51. The normalized spacial score (nSPS) is 14.6. The Hall–Kier alpha value is -1.61. The van der Waals surface area contributed by atoms with Gasteiger partial charge in [-0.2, -0.15) is 5.10 Å². The Balaban J connectivity index is 1.97. The minimum absolute atomic E-state index is 0.512. The fourth-order valence-corrected chi connectivity index (χ4v) is 2.51. The lowest BCUT2D eigenvalue weighted by atomic mass is 9.90. The highest BCUT2D eigenvalue weighted by atomic mass is 15.1. The van der Waals surface area contributed by atoms with E-state index < -0.39 is 0 Å². The van der Waals surface area contributed by atoms with Crippen LogP contribution in [0.5, 0.6) is 0 Å². The standard InChI is InChI=1S/C14H17N3/c15-9-13-8-14(17-16-13)12-6-5-10-3-1-2-4-11(10)7-12/h5-8H,1-4,9,15H2,(H,16,17). The van der Waals surface area contributed by atoms with Crippen LogP contribution in [0.4, 0.5) is 0 Å². The van der Waals surface area contributed by atoms with Crippen molar-refractivity contribution < 1.29 is 0 Å². The molecule has 0 aliphatic heterocycles. The quantitative estimate of drug-likeness (QED) is 0.827. The molecule has 0 saturated carbocycles. The highest BCUT2D eigenvalue weighted by molar-refractivity contribution is 5.61. The number of H-pyrrole nitrogens is 1. The molecule has 3 heteroatoms. The van der Waals surface area contributed by atoms with E-state index >= 15 is 0 Å². The summed E-state index contributed by atoms with van der Waals surface area (Å²) in [5.74, 6) is 0. The zero-order chi connectivity index (χ0) is 11.7. The maximum absolute atomic E-state index is 5.58. The van der Waals surface area contributed by atoms with Gasteiger partial charge in [-0.05, 0) is 48.9 Å². The van der Waals surface area contributed by atoms with Gasteiger partial charge in [0, 0.05) is 17.8 Å². The third-order valence-electron chi connectivity index (χ3n) is 3.50. The molecule has 0 unspecified atom stereocenters. The predicted octanol–water partition coefficient (Wildman–Crippen LogP) is 2.41. The first-order chi connectivity index (χ1) is 8.36. The molecular formula is C14H17N3. The van der Waals surface area contributed by atoms with Crippen molar-refractivity contribution in [3.63, 3.8) is 0 Å². The molecule has 17 heavy (non-hydrogen) atoms. The van der Waals surface area contributed by atoms with Gasteiger partial charge < -0.3 is 5.73 Å². The summed E-state index contributed by atoms with van der Waals surface area (Å²) in [6.07, 6.45) is 5.07. The van der Waals surface area contributed by atoms with Crippen molar-refractivity contribution >= 4 is 0 Å². The monoisotopic (exact) mass is 227 g/mol. The van der Waals surface area contributed by atoms with Crippen molar-refractivity contribution in [3.8, 4) is 11.3 Å². The topological polar surface area (TPSA) is 54.7 Å². The molecule has 0 radical (unpaired) electrons. The van der Waals surface area contributed by atoms with Crippen LogP contribution in [0.3, 0.4) is 0 Å². The molecule has 0 amide bonds. The van der Waals surface area contributed by atoms with Gasteiger partial charge in [-0.3, -0.25) is 5.10 Å². The van der Waals surface area contributed by atoms with Gasteiger partial charge in [0.25, 0.3) is 0 Å². The van der Waals surface area contributed by atoms with E-state index in [1.807, 2.05) is 6.07 Å². The third-order valence-corrected chi connectivity index (χ3v) is 3.50. The largest absolute Gasteiger partial charge is 0.325 e. The van der Waals surface area contributed by atoms with Crippen LogP contribution >= 0.6 is 0 Å². The molecule has 1 aromatic carbocycles. The number of aromatic nitrogens is 2. The van der Waals surface area contributed by atoms with E-state index in [-0.39, 0.29) is 0 Å². The zero-order valence-electron chi connectivity index (χ0n) is 9.87. The highest BCUT2D eigenvalue weighted by Gasteiger charge is 2.11. The Morgan fingerprint density at radius 3 is 2.71 bits per heavy atom. The molecule has 1 aromatic heterocycles. The van der Waals surface area contributed by atoms with E-state index in [1.54, 1.807) is 0 Å². The average Bonchev–Trinajstić information content (AvgIpc) is 2.87. The SMILES string of the molecule is NCc1cc(-c2ccc3c(c2)CCCC3)n[nH]1. The molecule has 3 rings (SSSR count). The van der Waals surface area contributed by atoms with Crippen molar-refractivity contribution in [1.29, 1.82) is 0 Å². The smallest absolute Gasteiger partial charge is 0.0924 e. The lowest BCUT2D eigenvalue weighted by molar-refractivity contribution is 0.686. The summed E-state index contributed by atoms with van der Waals surface area (Å²) in [5.41, 5.74) is 11.8. The Labute approximate surface area is 101 Å². The molecule has 1 aliphatic rings. The van der Waals surface area contributed by atoms with Gasteiger partial charge in [-0.15, -0.1) is 0 Å². The molecule has 0 spiro atoms. The summed E-state index contributed by atoms with van der Waals surface area (Å²) in [4.78, 5) is 0. The van der Waals surface area contributed by atoms with Crippen molar-refractivity contribution in [1.82, 2.24) is 10.2 Å². The molecule has 2 aromatic rings. The number of rotatable bonds is 2. The molecular weight excluding hydrogens is 210 g/mol. The van der Waals surface area contributed by atoms with Crippen LogP contribution in [-0.4, -0.2) is 10.2 Å². The second-order valence-electron chi connectivity index (χ2n) is 4.67. The highest BCUT2D eigenvalue weighted by Crippen LogP contribution is 2.26. The van der Waals surface area contributed by atoms with E-state index in [1.165, 1.54) is 42.4 Å². The van der Waals surface area contributed by atoms with E-state index in [4.69, 9.17) is 5.73 Å². The maximum Gasteiger partial charge on any atom is 0.0924 e.